The number of methoxy groups -OCH3 is 1. The number of carbonyl (C=O) groups is 3. The first-order chi connectivity index (χ1) is 22.7. The molecule has 6 rings (SSSR count). The zero-order chi connectivity index (χ0) is 33.4. The number of carbonyl (C=O) groups excluding carboxylic acids is 3. The number of amides is 2. The third-order valence-corrected chi connectivity index (χ3v) is 11.2. The van der Waals surface area contributed by atoms with Crippen molar-refractivity contribution in [2.24, 2.45) is 5.92 Å². The molecule has 2 N–H and O–H groups in total. The van der Waals surface area contributed by atoms with Crippen molar-refractivity contribution in [1.29, 1.82) is 0 Å². The van der Waals surface area contributed by atoms with Crippen LogP contribution in [0.25, 0.3) is 22.3 Å². The normalized spacial score (nSPS) is 17.6. The van der Waals surface area contributed by atoms with Crippen molar-refractivity contribution < 1.29 is 28.2 Å². The molecule has 47 heavy (non-hydrogen) atoms. The molecule has 1 aliphatic heterocycles. The van der Waals surface area contributed by atoms with E-state index < -0.39 is 18.1 Å². The van der Waals surface area contributed by atoms with E-state index in [1.165, 1.54) is 13.2 Å². The first-order valence-corrected chi connectivity index (χ1v) is 19.2. The summed E-state index contributed by atoms with van der Waals surface area (Å²) in [6, 6.07) is 2.86. The van der Waals surface area contributed by atoms with Gasteiger partial charge in [-0.1, -0.05) is 6.92 Å². The van der Waals surface area contributed by atoms with Gasteiger partial charge in [-0.05, 0) is 42.5 Å². The van der Waals surface area contributed by atoms with Gasteiger partial charge in [0.05, 0.1) is 30.1 Å². The van der Waals surface area contributed by atoms with Crippen LogP contribution in [0.3, 0.4) is 0 Å². The van der Waals surface area contributed by atoms with Crippen molar-refractivity contribution in [3.63, 3.8) is 0 Å². The Hall–Kier alpha value is -3.04. The number of aromatic nitrogens is 2. The number of aryl methyl sites for hydroxylation is 1. The van der Waals surface area contributed by atoms with E-state index in [-0.39, 0.29) is 49.0 Å². The van der Waals surface area contributed by atoms with Crippen LogP contribution in [0.2, 0.25) is 3.98 Å². The molecular formula is C35H40FN4O6Pb. The molecule has 0 saturated heterocycles. The van der Waals surface area contributed by atoms with Crippen LogP contribution in [0.5, 0.6) is 0 Å². The second-order valence-corrected chi connectivity index (χ2v) is 14.7. The van der Waals surface area contributed by atoms with E-state index in [9.17, 15) is 19.2 Å². The number of rotatable bonds is 14. The Bertz CT molecular complexity index is 1810. The Morgan fingerprint density at radius 2 is 2.02 bits per heavy atom. The molecule has 247 valence electrons. The molecule has 3 atom stereocenters. The molecule has 1 fully saturated rings. The number of benzene rings is 1. The molecule has 10 nitrogen and oxygen atoms in total. The summed E-state index contributed by atoms with van der Waals surface area (Å²) in [5, 5.41) is 6.84. The number of fused-ring (bicyclic) bond motifs is 4. The fourth-order valence-electron chi connectivity index (χ4n) is 7.15. The van der Waals surface area contributed by atoms with Crippen LogP contribution in [-0.4, -0.2) is 73.4 Å². The number of hydrogen-bond acceptors (Lipinski definition) is 7. The van der Waals surface area contributed by atoms with E-state index in [1.54, 1.807) is 11.5 Å². The second-order valence-electron chi connectivity index (χ2n) is 12.8. The van der Waals surface area contributed by atoms with Crippen LogP contribution in [0.1, 0.15) is 90.8 Å². The number of hydrogen-bond donors (Lipinski definition) is 2. The van der Waals surface area contributed by atoms with Crippen molar-refractivity contribution in [3.05, 3.63) is 61.7 Å². The SMILES string of the molecule is CCC(C=O)c1cc2n(c(=O)c1COC)Cc1c-2nc2cc(F)c(C)c3c2c1C(NC(=O)C(OCNC(=O)CC[CH2][Pb])C1CC1)CC3. The van der Waals surface area contributed by atoms with Crippen molar-refractivity contribution in [1.82, 2.24) is 20.2 Å². The quantitative estimate of drug-likeness (QED) is 0.112. The molecule has 3 aromatic rings. The zero-order valence-corrected chi connectivity index (χ0v) is 30.9. The van der Waals surface area contributed by atoms with Crippen molar-refractivity contribution in [3.8, 4) is 11.4 Å². The first kappa shape index (κ1) is 33.8. The van der Waals surface area contributed by atoms with Gasteiger partial charge < -0.3 is 14.1 Å². The van der Waals surface area contributed by atoms with E-state index in [0.29, 0.717) is 59.3 Å². The van der Waals surface area contributed by atoms with Gasteiger partial charge >= 0.3 is 129 Å². The summed E-state index contributed by atoms with van der Waals surface area (Å²) in [7, 11) is 1.52. The van der Waals surface area contributed by atoms with Crippen LogP contribution in [-0.2, 0) is 43.4 Å². The van der Waals surface area contributed by atoms with Crippen molar-refractivity contribution in [2.45, 2.75) is 94.0 Å². The van der Waals surface area contributed by atoms with Gasteiger partial charge in [0, 0.05) is 35.6 Å². The fourth-order valence-corrected chi connectivity index (χ4v) is 7.83. The van der Waals surface area contributed by atoms with Crippen molar-refractivity contribution in [2.75, 3.05) is 13.8 Å². The van der Waals surface area contributed by atoms with E-state index >= 15 is 4.39 Å². The molecule has 3 aliphatic rings. The molecule has 2 aliphatic carbocycles. The van der Waals surface area contributed by atoms with E-state index in [4.69, 9.17) is 14.5 Å². The molecular weight excluding hydrogens is 799 g/mol. The topological polar surface area (TPSA) is 129 Å². The molecule has 3 radical (unpaired) electrons. The maximum absolute atomic E-state index is 15.3. The Morgan fingerprint density at radius 3 is 2.70 bits per heavy atom. The van der Waals surface area contributed by atoms with Gasteiger partial charge in [0.25, 0.3) is 5.56 Å². The molecule has 3 heterocycles. The number of ether oxygens (including phenoxy) is 2. The second kappa shape index (κ2) is 14.2. The van der Waals surface area contributed by atoms with Crippen LogP contribution in [0.4, 0.5) is 4.39 Å². The summed E-state index contributed by atoms with van der Waals surface area (Å²) in [5.74, 6) is -1.09. The van der Waals surface area contributed by atoms with Crippen LogP contribution in [0.15, 0.2) is 16.9 Å². The summed E-state index contributed by atoms with van der Waals surface area (Å²) >= 11 is 1.06. The Balaban J connectivity index is 1.40. The molecule has 2 amide bonds. The van der Waals surface area contributed by atoms with Gasteiger partial charge in [0.2, 0.25) is 0 Å². The minimum absolute atomic E-state index is 0.0284. The molecule has 3 unspecified atom stereocenters. The molecule has 0 spiro atoms. The van der Waals surface area contributed by atoms with Gasteiger partial charge in [-0.3, -0.25) is 4.79 Å². The Morgan fingerprint density at radius 1 is 1.23 bits per heavy atom. The summed E-state index contributed by atoms with van der Waals surface area (Å²) in [6.07, 6.45) is 4.80. The molecule has 1 saturated carbocycles. The van der Waals surface area contributed by atoms with Gasteiger partial charge in [-0.15, -0.1) is 0 Å². The van der Waals surface area contributed by atoms with Gasteiger partial charge in [0.15, 0.2) is 0 Å². The average Bonchev–Trinajstić information content (AvgIpc) is 3.84. The number of halogens is 1. The molecule has 1 aromatic carbocycles. The average molecular weight is 839 g/mol. The third-order valence-electron chi connectivity index (χ3n) is 9.80. The minimum atomic E-state index is -0.705. The Kier molecular flexibility index (Phi) is 10.2. The molecule has 12 heteroatoms. The van der Waals surface area contributed by atoms with Crippen LogP contribution >= 0.6 is 0 Å². The molecule has 0 bridgehead atoms. The fraction of sp³-hybridized carbons (Fsp3) is 0.514. The predicted octanol–water partition coefficient (Wildman–Crippen LogP) is 4.05. The number of pyridine rings is 2. The predicted molar refractivity (Wildman–Crippen MR) is 175 cm³/mol. The van der Waals surface area contributed by atoms with Crippen LogP contribution < -0.4 is 16.2 Å². The van der Waals surface area contributed by atoms with Gasteiger partial charge in [-0.2, -0.15) is 0 Å². The van der Waals surface area contributed by atoms with Crippen LogP contribution in [0, 0.1) is 18.7 Å². The van der Waals surface area contributed by atoms with E-state index in [2.05, 4.69) is 10.6 Å². The van der Waals surface area contributed by atoms with E-state index in [1.807, 2.05) is 13.0 Å². The standard InChI is InChI=1S/C35H40FN4O6.Pb/c1-5-7-29(42)37-17-46-33(20-8-9-20)34(43)39-26-11-10-21-18(3)25(36)13-27-30(21)31(26)23-14-40-28(32(23)38-27)12-22(19(6-2)15-41)24(16-45-4)35(40)44;/h12-13,15,19-20,26,33H,1,5-11,14,16-17H2,2-4H3,(H,37,42)(H,39,43);. The number of nitrogens with zero attached hydrogens (tertiary/aromatic N) is 2. The monoisotopic (exact) mass is 839 g/mol. The smallest absolute Gasteiger partial charge is 0.0245 e. The minimum Gasteiger partial charge on any atom is -0.0245 e. The summed E-state index contributed by atoms with van der Waals surface area (Å²) in [4.78, 5) is 57.0. The summed E-state index contributed by atoms with van der Waals surface area (Å²) in [5.41, 5.74) is 5.44. The summed E-state index contributed by atoms with van der Waals surface area (Å²) in [6.45, 7) is 3.92. The van der Waals surface area contributed by atoms with Gasteiger partial charge in [-0.25, -0.2) is 9.37 Å². The van der Waals surface area contributed by atoms with Crippen molar-refractivity contribution >= 4 is 54.8 Å². The number of nitrogens with one attached hydrogen (secondary N) is 2. The third kappa shape index (κ3) is 6.42. The first-order valence-electron chi connectivity index (χ1n) is 16.4. The summed E-state index contributed by atoms with van der Waals surface area (Å²) < 4.78 is 29.3. The maximum atomic E-state index is 15.3. The zero-order valence-electron chi connectivity index (χ0n) is 27.0. The van der Waals surface area contributed by atoms with Gasteiger partial charge in [0.1, 0.15) is 12.1 Å². The number of aldehydes is 1. The Labute approximate surface area is 288 Å². The molecule has 2 aromatic heterocycles. The van der Waals surface area contributed by atoms with E-state index in [0.717, 1.165) is 77.4 Å².